The topological polar surface area (TPSA) is 12.0 Å². The van der Waals surface area contributed by atoms with Crippen molar-refractivity contribution in [1.82, 2.24) is 0 Å². The molecule has 0 saturated carbocycles. The molecule has 0 aliphatic rings. The molecule has 94 valence electrons. The molecule has 2 aromatic carbocycles. The van der Waals surface area contributed by atoms with E-state index in [-0.39, 0.29) is 5.82 Å². The highest BCUT2D eigenvalue weighted by atomic mass is 127. The van der Waals surface area contributed by atoms with Gasteiger partial charge in [-0.05, 0) is 90.3 Å². The van der Waals surface area contributed by atoms with Crippen LogP contribution in [0.1, 0.15) is 5.56 Å². The van der Waals surface area contributed by atoms with Gasteiger partial charge in [-0.2, -0.15) is 0 Å². The lowest BCUT2D eigenvalue weighted by Crippen LogP contribution is -2.00. The Labute approximate surface area is 136 Å². The summed E-state index contributed by atoms with van der Waals surface area (Å²) >= 11 is 8.95. The molecule has 1 N–H and O–H groups in total. The normalized spacial score (nSPS) is 10.4. The minimum atomic E-state index is -0.241. The van der Waals surface area contributed by atoms with Gasteiger partial charge in [-0.3, -0.25) is 0 Å². The Morgan fingerprint density at radius 1 is 1.06 bits per heavy atom. The molecule has 0 unspecified atom stereocenters. The zero-order valence-corrected chi connectivity index (χ0v) is 14.5. The van der Waals surface area contributed by atoms with Gasteiger partial charge in [-0.15, -0.1) is 0 Å². The quantitative estimate of drug-likeness (QED) is 0.562. The minimum absolute atomic E-state index is 0.241. The summed E-state index contributed by atoms with van der Waals surface area (Å²) < 4.78 is 15.8. The van der Waals surface area contributed by atoms with Gasteiger partial charge in [-0.1, -0.05) is 6.07 Å². The Balaban J connectivity index is 2.11. The first-order valence-electron chi connectivity index (χ1n) is 5.19. The molecule has 2 aromatic rings. The Kier molecular flexibility index (Phi) is 5.03. The van der Waals surface area contributed by atoms with E-state index in [4.69, 9.17) is 0 Å². The fourth-order valence-corrected chi connectivity index (χ4v) is 2.78. The maximum Gasteiger partial charge on any atom is 0.137 e. The van der Waals surface area contributed by atoms with E-state index in [0.717, 1.165) is 15.7 Å². The summed E-state index contributed by atoms with van der Waals surface area (Å²) in [7, 11) is 0. The Morgan fingerprint density at radius 2 is 1.83 bits per heavy atom. The second kappa shape index (κ2) is 6.34. The van der Waals surface area contributed by atoms with Crippen LogP contribution in [-0.4, -0.2) is 0 Å². The second-order valence-electron chi connectivity index (χ2n) is 3.73. The van der Waals surface area contributed by atoms with Gasteiger partial charge in [0.2, 0.25) is 0 Å². The van der Waals surface area contributed by atoms with Gasteiger partial charge in [0.25, 0.3) is 0 Å². The molecular weight excluding hydrogens is 476 g/mol. The molecule has 1 nitrogen and oxygen atoms in total. The highest BCUT2D eigenvalue weighted by Crippen LogP contribution is 2.25. The summed E-state index contributed by atoms with van der Waals surface area (Å²) in [6.45, 7) is 0.650. The van der Waals surface area contributed by atoms with Gasteiger partial charge in [0.1, 0.15) is 5.82 Å². The number of anilines is 1. The van der Waals surface area contributed by atoms with Crippen molar-refractivity contribution in [2.45, 2.75) is 6.54 Å². The number of hydrogen-bond acceptors (Lipinski definition) is 1. The Morgan fingerprint density at radius 3 is 2.56 bits per heavy atom. The molecule has 0 saturated heterocycles. The molecule has 0 bridgehead atoms. The van der Waals surface area contributed by atoms with Crippen molar-refractivity contribution in [3.63, 3.8) is 0 Å². The van der Waals surface area contributed by atoms with Crippen molar-refractivity contribution in [1.29, 1.82) is 0 Å². The van der Waals surface area contributed by atoms with E-state index in [9.17, 15) is 4.39 Å². The fourth-order valence-electron chi connectivity index (χ4n) is 1.48. The molecule has 0 aliphatic carbocycles. The predicted molar refractivity (Wildman–Crippen MR) is 88.3 cm³/mol. The number of nitrogens with one attached hydrogen (secondary N) is 1. The molecule has 0 radical (unpaired) electrons. The molecule has 5 heteroatoms. The zero-order chi connectivity index (χ0) is 13.1. The van der Waals surface area contributed by atoms with E-state index in [1.54, 1.807) is 12.1 Å². The van der Waals surface area contributed by atoms with Crippen LogP contribution < -0.4 is 5.32 Å². The SMILES string of the molecule is Fc1ccc(CNc2cc(I)ccc2Br)cc1Br. The summed E-state index contributed by atoms with van der Waals surface area (Å²) in [5, 5.41) is 3.32. The van der Waals surface area contributed by atoms with Gasteiger partial charge >= 0.3 is 0 Å². The lowest BCUT2D eigenvalue weighted by Gasteiger charge is -2.09. The molecule has 2 rings (SSSR count). The van der Waals surface area contributed by atoms with Crippen molar-refractivity contribution in [3.8, 4) is 0 Å². The first-order chi connectivity index (χ1) is 8.56. The highest BCUT2D eigenvalue weighted by Gasteiger charge is 2.03. The molecule has 0 atom stereocenters. The summed E-state index contributed by atoms with van der Waals surface area (Å²) in [6.07, 6.45) is 0. The zero-order valence-electron chi connectivity index (χ0n) is 9.18. The van der Waals surface area contributed by atoms with Crippen LogP contribution in [-0.2, 0) is 6.54 Å². The maximum absolute atomic E-state index is 13.1. The van der Waals surface area contributed by atoms with Crippen LogP contribution in [0.25, 0.3) is 0 Å². The van der Waals surface area contributed by atoms with Gasteiger partial charge in [0, 0.05) is 20.3 Å². The predicted octanol–water partition coefficient (Wildman–Crippen LogP) is 5.57. The van der Waals surface area contributed by atoms with E-state index in [2.05, 4.69) is 65.8 Å². The van der Waals surface area contributed by atoms with E-state index >= 15 is 0 Å². The van der Waals surface area contributed by atoms with E-state index < -0.39 is 0 Å². The molecule has 18 heavy (non-hydrogen) atoms. The van der Waals surface area contributed by atoms with Crippen LogP contribution in [0.3, 0.4) is 0 Å². The highest BCUT2D eigenvalue weighted by molar-refractivity contribution is 14.1. The average molecular weight is 485 g/mol. The monoisotopic (exact) mass is 483 g/mol. The molecule has 0 aliphatic heterocycles. The summed E-state index contributed by atoms with van der Waals surface area (Å²) in [6, 6.07) is 11.1. The third kappa shape index (κ3) is 3.68. The number of hydrogen-bond donors (Lipinski definition) is 1. The number of halogens is 4. The van der Waals surface area contributed by atoms with Crippen LogP contribution in [0.15, 0.2) is 45.3 Å². The van der Waals surface area contributed by atoms with Gasteiger partial charge in [0.05, 0.1) is 4.47 Å². The van der Waals surface area contributed by atoms with Crippen molar-refractivity contribution in [3.05, 3.63) is 60.3 Å². The smallest absolute Gasteiger partial charge is 0.137 e. The lowest BCUT2D eigenvalue weighted by molar-refractivity contribution is 0.620. The fraction of sp³-hybridized carbons (Fsp3) is 0.0769. The number of benzene rings is 2. The Bertz CT molecular complexity index is 575. The van der Waals surface area contributed by atoms with Crippen LogP contribution >= 0.6 is 54.5 Å². The van der Waals surface area contributed by atoms with Crippen LogP contribution in [0.4, 0.5) is 10.1 Å². The molecule has 0 spiro atoms. The maximum atomic E-state index is 13.1. The Hall–Kier alpha value is -0.140. The largest absolute Gasteiger partial charge is 0.380 e. The van der Waals surface area contributed by atoms with Crippen molar-refractivity contribution < 1.29 is 4.39 Å². The third-order valence-electron chi connectivity index (χ3n) is 2.40. The number of rotatable bonds is 3. The van der Waals surface area contributed by atoms with Crippen LogP contribution in [0.2, 0.25) is 0 Å². The summed E-state index contributed by atoms with van der Waals surface area (Å²) in [4.78, 5) is 0. The standard InChI is InChI=1S/C13H9Br2FIN/c14-10-3-2-9(17)6-13(10)18-7-8-1-4-12(16)11(15)5-8/h1-6,18H,7H2. The second-order valence-corrected chi connectivity index (χ2v) is 6.68. The molecule has 0 fully saturated rings. The first-order valence-corrected chi connectivity index (χ1v) is 7.85. The van der Waals surface area contributed by atoms with Gasteiger partial charge < -0.3 is 5.32 Å². The van der Waals surface area contributed by atoms with Gasteiger partial charge in [0.15, 0.2) is 0 Å². The lowest BCUT2D eigenvalue weighted by atomic mass is 10.2. The summed E-state index contributed by atoms with van der Waals surface area (Å²) in [5.41, 5.74) is 2.05. The van der Waals surface area contributed by atoms with Crippen molar-refractivity contribution in [2.75, 3.05) is 5.32 Å². The van der Waals surface area contributed by atoms with Crippen LogP contribution in [0, 0.1) is 9.39 Å². The minimum Gasteiger partial charge on any atom is -0.380 e. The molecule has 0 heterocycles. The molecular formula is C13H9Br2FIN. The van der Waals surface area contributed by atoms with Crippen LogP contribution in [0.5, 0.6) is 0 Å². The van der Waals surface area contributed by atoms with Crippen molar-refractivity contribution >= 4 is 60.1 Å². The van der Waals surface area contributed by atoms with Gasteiger partial charge in [-0.25, -0.2) is 4.39 Å². The third-order valence-corrected chi connectivity index (χ3v) is 4.37. The first kappa shape index (κ1) is 14.3. The molecule has 0 aromatic heterocycles. The molecule has 0 amide bonds. The van der Waals surface area contributed by atoms with E-state index in [1.807, 2.05) is 12.1 Å². The van der Waals surface area contributed by atoms with E-state index in [1.165, 1.54) is 9.64 Å². The van der Waals surface area contributed by atoms with Crippen molar-refractivity contribution in [2.24, 2.45) is 0 Å². The average Bonchev–Trinajstić information content (AvgIpc) is 2.34. The van der Waals surface area contributed by atoms with E-state index in [0.29, 0.717) is 11.0 Å². The summed E-state index contributed by atoms with van der Waals surface area (Å²) in [5.74, 6) is -0.241.